The molecule has 6 heteroatoms. The Balaban J connectivity index is 2.26. The van der Waals surface area contributed by atoms with Crippen molar-refractivity contribution in [1.82, 2.24) is 0 Å². The topological polar surface area (TPSA) is 54.9 Å². The molecule has 140 valence electrons. The van der Waals surface area contributed by atoms with E-state index in [1.165, 1.54) is 0 Å². The van der Waals surface area contributed by atoms with E-state index in [1.54, 1.807) is 11.8 Å². The second kappa shape index (κ2) is 11.1. The third kappa shape index (κ3) is 6.24. The molecular weight excluding hydrogens is 368 g/mol. The third-order valence-electron chi connectivity index (χ3n) is 3.84. The molecule has 0 bridgehead atoms. The summed E-state index contributed by atoms with van der Waals surface area (Å²) in [7, 11) is 0. The maximum atomic E-state index is 9.38. The van der Waals surface area contributed by atoms with Crippen LogP contribution >= 0.6 is 23.4 Å². The number of allylic oxidation sites excluding steroid dienone is 3. The van der Waals surface area contributed by atoms with Gasteiger partial charge in [-0.2, -0.15) is 4.79 Å². The van der Waals surface area contributed by atoms with Crippen LogP contribution in [0.2, 0.25) is 5.02 Å². The van der Waals surface area contributed by atoms with E-state index in [0.29, 0.717) is 36.1 Å². The van der Waals surface area contributed by atoms with Crippen molar-refractivity contribution in [2.75, 3.05) is 13.2 Å². The number of rotatable bonds is 10. The minimum absolute atomic E-state index is 0.425. The zero-order valence-corrected chi connectivity index (χ0v) is 16.9. The fraction of sp³-hybridized carbons (Fsp3) is 0.450. The molecule has 0 aliphatic heterocycles. The molecule has 1 aliphatic carbocycles. The van der Waals surface area contributed by atoms with E-state index in [-0.39, 0.29) is 0 Å². The van der Waals surface area contributed by atoms with Crippen molar-refractivity contribution in [3.05, 3.63) is 57.3 Å². The summed E-state index contributed by atoms with van der Waals surface area (Å²) in [5, 5.41) is 0.709. The fourth-order valence-corrected chi connectivity index (χ4v) is 3.39. The summed E-state index contributed by atoms with van der Waals surface area (Å²) in [6.07, 6.45) is 6.39. The lowest BCUT2D eigenvalue weighted by Crippen LogP contribution is -2.16. The van der Waals surface area contributed by atoms with Gasteiger partial charge in [0.2, 0.25) is 5.76 Å². The number of ether oxygens (including phenoxy) is 2. The number of hydrogen-bond acceptors (Lipinski definition) is 3. The number of hydrogen-bond donors (Lipinski definition) is 0. The minimum atomic E-state index is 0.425. The Hall–Kier alpha value is -1.68. The van der Waals surface area contributed by atoms with E-state index in [4.69, 9.17) is 21.1 Å². The zero-order chi connectivity index (χ0) is 18.8. The maximum Gasteiger partial charge on any atom is 0.340 e. The molecule has 0 radical (unpaired) electrons. The van der Waals surface area contributed by atoms with E-state index in [0.717, 1.165) is 41.2 Å². The van der Waals surface area contributed by atoms with Gasteiger partial charge in [0.15, 0.2) is 0 Å². The largest absolute Gasteiger partial charge is 0.496 e. The van der Waals surface area contributed by atoms with E-state index in [9.17, 15) is 5.53 Å². The van der Waals surface area contributed by atoms with E-state index >= 15 is 0 Å². The Morgan fingerprint density at radius 2 is 1.73 bits per heavy atom. The number of unbranched alkanes of at least 4 members (excludes halogenated alkanes) is 2. The van der Waals surface area contributed by atoms with Crippen molar-refractivity contribution in [2.24, 2.45) is 0 Å². The SMILES string of the molecule is CCCCOC1=CC(Sc2ccc(Cl)cc2)=C(OCCCC)CC1=[N+]=[N-]. The summed E-state index contributed by atoms with van der Waals surface area (Å²) >= 11 is 7.58. The summed E-state index contributed by atoms with van der Waals surface area (Å²) in [5.74, 6) is 1.43. The Morgan fingerprint density at radius 1 is 1.08 bits per heavy atom. The molecule has 1 aromatic rings. The van der Waals surface area contributed by atoms with E-state index in [1.807, 2.05) is 30.3 Å². The number of benzene rings is 1. The highest BCUT2D eigenvalue weighted by molar-refractivity contribution is 8.03. The van der Waals surface area contributed by atoms with Gasteiger partial charge in [0.25, 0.3) is 0 Å². The van der Waals surface area contributed by atoms with E-state index < -0.39 is 0 Å². The summed E-state index contributed by atoms with van der Waals surface area (Å²) < 4.78 is 11.8. The van der Waals surface area contributed by atoms with Gasteiger partial charge in [-0.1, -0.05) is 50.1 Å². The molecule has 26 heavy (non-hydrogen) atoms. The van der Waals surface area contributed by atoms with Crippen LogP contribution in [0.4, 0.5) is 0 Å². The predicted octanol–water partition coefficient (Wildman–Crippen LogP) is 6.24. The molecule has 0 N–H and O–H groups in total. The molecule has 1 aromatic carbocycles. The summed E-state index contributed by atoms with van der Waals surface area (Å²) in [6, 6.07) is 7.69. The fourth-order valence-electron chi connectivity index (χ4n) is 2.32. The Morgan fingerprint density at radius 3 is 2.35 bits per heavy atom. The van der Waals surface area contributed by atoms with Crippen LogP contribution in [0.15, 0.2) is 51.7 Å². The van der Waals surface area contributed by atoms with Gasteiger partial charge in [-0.05, 0) is 37.1 Å². The zero-order valence-electron chi connectivity index (χ0n) is 15.3. The van der Waals surface area contributed by atoms with Gasteiger partial charge < -0.3 is 15.0 Å². The summed E-state index contributed by atoms with van der Waals surface area (Å²) in [4.78, 5) is 5.46. The van der Waals surface area contributed by atoms with Crippen LogP contribution in [-0.2, 0) is 9.47 Å². The lowest BCUT2D eigenvalue weighted by Gasteiger charge is -2.18. The van der Waals surface area contributed by atoms with E-state index in [2.05, 4.69) is 18.6 Å². The lowest BCUT2D eigenvalue weighted by atomic mass is 10.1. The first-order valence-electron chi connectivity index (χ1n) is 9.03. The van der Waals surface area contributed by atoms with Gasteiger partial charge in [0.1, 0.15) is 12.2 Å². The molecule has 0 saturated carbocycles. The van der Waals surface area contributed by atoms with Crippen molar-refractivity contribution in [2.45, 2.75) is 50.8 Å². The molecule has 0 aromatic heterocycles. The lowest BCUT2D eigenvalue weighted by molar-refractivity contribution is -0.0138. The first-order chi connectivity index (χ1) is 12.7. The second-order valence-electron chi connectivity index (χ2n) is 5.98. The maximum absolute atomic E-state index is 9.38. The predicted molar refractivity (Wildman–Crippen MR) is 107 cm³/mol. The Kier molecular flexibility index (Phi) is 8.82. The summed E-state index contributed by atoms with van der Waals surface area (Å²) in [5.41, 5.74) is 9.89. The minimum Gasteiger partial charge on any atom is -0.496 e. The molecule has 0 fully saturated rings. The van der Waals surface area contributed by atoms with Crippen LogP contribution in [0.3, 0.4) is 0 Å². The average molecular weight is 393 g/mol. The first-order valence-corrected chi connectivity index (χ1v) is 10.2. The number of nitrogens with zero attached hydrogens (tertiary/aromatic N) is 2. The van der Waals surface area contributed by atoms with Crippen molar-refractivity contribution < 1.29 is 14.3 Å². The second-order valence-corrected chi connectivity index (χ2v) is 7.53. The van der Waals surface area contributed by atoms with Gasteiger partial charge in [-0.15, -0.1) is 0 Å². The molecule has 0 unspecified atom stereocenters. The quantitative estimate of drug-likeness (QED) is 0.269. The molecular formula is C20H25ClN2O2S. The first kappa shape index (κ1) is 20.6. The van der Waals surface area contributed by atoms with Crippen LogP contribution in [-0.4, -0.2) is 23.7 Å². The van der Waals surface area contributed by atoms with Gasteiger partial charge in [0.05, 0.1) is 18.1 Å². The number of thioether (sulfide) groups is 1. The molecule has 0 atom stereocenters. The summed E-state index contributed by atoms with van der Waals surface area (Å²) in [6.45, 7) is 5.49. The highest BCUT2D eigenvalue weighted by atomic mass is 35.5. The van der Waals surface area contributed by atoms with Crippen molar-refractivity contribution in [3.63, 3.8) is 0 Å². The molecule has 4 nitrogen and oxygen atoms in total. The Bertz CT molecular complexity index is 707. The van der Waals surface area contributed by atoms with Gasteiger partial charge in [0, 0.05) is 16.0 Å². The van der Waals surface area contributed by atoms with Crippen molar-refractivity contribution >= 4 is 29.1 Å². The van der Waals surface area contributed by atoms with Crippen molar-refractivity contribution in [1.29, 1.82) is 0 Å². The molecule has 2 rings (SSSR count). The van der Waals surface area contributed by atoms with Crippen LogP contribution in [0.1, 0.15) is 46.0 Å². The molecule has 0 heterocycles. The highest BCUT2D eigenvalue weighted by Gasteiger charge is 2.28. The van der Waals surface area contributed by atoms with Crippen LogP contribution in [0.25, 0.3) is 5.53 Å². The van der Waals surface area contributed by atoms with Gasteiger partial charge in [-0.3, -0.25) is 0 Å². The average Bonchev–Trinajstić information content (AvgIpc) is 2.65. The van der Waals surface area contributed by atoms with Crippen LogP contribution in [0, 0.1) is 0 Å². The molecule has 0 saturated heterocycles. The van der Waals surface area contributed by atoms with Crippen LogP contribution < -0.4 is 0 Å². The van der Waals surface area contributed by atoms with Gasteiger partial charge >= 0.3 is 5.71 Å². The smallest absolute Gasteiger partial charge is 0.340 e. The monoisotopic (exact) mass is 392 g/mol. The third-order valence-corrected chi connectivity index (χ3v) is 5.17. The highest BCUT2D eigenvalue weighted by Crippen LogP contribution is 2.36. The molecule has 0 spiro atoms. The molecule has 0 amide bonds. The normalized spacial score (nSPS) is 14.1. The standard InChI is InChI=1S/C20H25ClN2O2S/c1-3-5-11-24-18-14-20(26-16-9-7-15(21)8-10-16)19(13-17(18)23-22)25-12-6-4-2/h7-10,14H,3-6,11-13H2,1-2H3. The Labute approximate surface area is 164 Å². The van der Waals surface area contributed by atoms with Gasteiger partial charge in [-0.25, -0.2) is 0 Å². The molecule has 1 aliphatic rings. The number of halogens is 1. The van der Waals surface area contributed by atoms with Crippen LogP contribution in [0.5, 0.6) is 0 Å². The van der Waals surface area contributed by atoms with Crippen molar-refractivity contribution in [3.8, 4) is 0 Å².